The van der Waals surface area contributed by atoms with Gasteiger partial charge in [0.25, 0.3) is 5.91 Å². The second kappa shape index (κ2) is 6.68. The summed E-state index contributed by atoms with van der Waals surface area (Å²) in [6.07, 6.45) is 3.19. The summed E-state index contributed by atoms with van der Waals surface area (Å²) in [5.74, 6) is -1.14. The Morgan fingerprint density at radius 2 is 1.83 bits per heavy atom. The van der Waals surface area contributed by atoms with Gasteiger partial charge in [-0.2, -0.15) is 0 Å². The Morgan fingerprint density at radius 3 is 2.48 bits per heavy atom. The van der Waals surface area contributed by atoms with Gasteiger partial charge in [-0.1, -0.05) is 6.07 Å². The number of carbonyl (C=O) groups is 1. The standard InChI is InChI=1S/C16H15F2N3O2/c17-12-3-1-2-11(8-12)15(22)21-6-4-14(5-7-21)23-16-19-9-13(18)10-20-16/h1-3,8-10,14H,4-7H2. The van der Waals surface area contributed by atoms with Crippen LogP contribution in [0.25, 0.3) is 0 Å². The number of hydrogen-bond acceptors (Lipinski definition) is 4. The molecule has 120 valence electrons. The molecule has 0 atom stereocenters. The van der Waals surface area contributed by atoms with Gasteiger partial charge in [-0.25, -0.2) is 18.7 Å². The van der Waals surface area contributed by atoms with E-state index in [-0.39, 0.29) is 18.0 Å². The molecule has 0 saturated carbocycles. The van der Waals surface area contributed by atoms with Crippen molar-refractivity contribution in [2.45, 2.75) is 18.9 Å². The number of ether oxygens (including phenoxy) is 1. The number of amides is 1. The molecule has 0 N–H and O–H groups in total. The first-order valence-corrected chi connectivity index (χ1v) is 7.31. The maximum atomic E-state index is 13.2. The molecule has 1 aromatic carbocycles. The van der Waals surface area contributed by atoms with E-state index in [0.29, 0.717) is 31.5 Å². The molecule has 23 heavy (non-hydrogen) atoms. The average Bonchev–Trinajstić information content (AvgIpc) is 2.57. The number of hydrogen-bond donors (Lipinski definition) is 0. The van der Waals surface area contributed by atoms with Crippen LogP contribution in [0.4, 0.5) is 8.78 Å². The Hall–Kier alpha value is -2.57. The third kappa shape index (κ3) is 3.80. The first-order chi connectivity index (χ1) is 11.1. The number of likely N-dealkylation sites (tertiary alicyclic amines) is 1. The highest BCUT2D eigenvalue weighted by Crippen LogP contribution is 2.18. The third-order valence-corrected chi connectivity index (χ3v) is 3.67. The van der Waals surface area contributed by atoms with Gasteiger partial charge in [-0.3, -0.25) is 4.79 Å². The van der Waals surface area contributed by atoms with Crippen molar-refractivity contribution in [3.63, 3.8) is 0 Å². The normalized spacial score (nSPS) is 15.5. The summed E-state index contributed by atoms with van der Waals surface area (Å²) < 4.78 is 31.5. The van der Waals surface area contributed by atoms with Crippen LogP contribution in [0.3, 0.4) is 0 Å². The van der Waals surface area contributed by atoms with Gasteiger partial charge >= 0.3 is 6.01 Å². The van der Waals surface area contributed by atoms with Crippen molar-refractivity contribution in [3.05, 3.63) is 53.9 Å². The van der Waals surface area contributed by atoms with Gasteiger partial charge in [-0.05, 0) is 18.2 Å². The predicted octanol–water partition coefficient (Wildman–Crippen LogP) is 2.44. The van der Waals surface area contributed by atoms with E-state index in [9.17, 15) is 13.6 Å². The van der Waals surface area contributed by atoms with Gasteiger partial charge in [0.05, 0.1) is 12.4 Å². The van der Waals surface area contributed by atoms with Crippen molar-refractivity contribution < 1.29 is 18.3 Å². The van der Waals surface area contributed by atoms with Gasteiger partial charge in [0.2, 0.25) is 0 Å². The summed E-state index contributed by atoms with van der Waals surface area (Å²) in [4.78, 5) is 21.5. The zero-order valence-corrected chi connectivity index (χ0v) is 12.3. The Bertz CT molecular complexity index is 686. The van der Waals surface area contributed by atoms with E-state index in [1.54, 1.807) is 11.0 Å². The number of rotatable bonds is 3. The van der Waals surface area contributed by atoms with Gasteiger partial charge in [0.15, 0.2) is 5.82 Å². The maximum Gasteiger partial charge on any atom is 0.316 e. The molecular weight excluding hydrogens is 304 g/mol. The summed E-state index contributed by atoms with van der Waals surface area (Å²) in [6, 6.07) is 5.78. The van der Waals surface area contributed by atoms with Crippen LogP contribution in [-0.4, -0.2) is 40.0 Å². The second-order valence-electron chi connectivity index (χ2n) is 5.30. The number of piperidine rings is 1. The van der Waals surface area contributed by atoms with E-state index in [4.69, 9.17) is 4.74 Å². The number of carbonyl (C=O) groups excluding carboxylic acids is 1. The van der Waals surface area contributed by atoms with Crippen molar-refractivity contribution in [1.82, 2.24) is 14.9 Å². The van der Waals surface area contributed by atoms with Gasteiger partial charge < -0.3 is 9.64 Å². The molecule has 1 amide bonds. The van der Waals surface area contributed by atoms with Crippen molar-refractivity contribution >= 4 is 5.91 Å². The fraction of sp³-hybridized carbons (Fsp3) is 0.312. The molecule has 5 nitrogen and oxygen atoms in total. The van der Waals surface area contributed by atoms with Crippen molar-refractivity contribution in [2.24, 2.45) is 0 Å². The average molecular weight is 319 g/mol. The van der Waals surface area contributed by atoms with Crippen molar-refractivity contribution in [3.8, 4) is 6.01 Å². The number of aromatic nitrogens is 2. The third-order valence-electron chi connectivity index (χ3n) is 3.67. The van der Waals surface area contributed by atoms with Gasteiger partial charge in [0, 0.05) is 31.5 Å². The number of benzene rings is 1. The van der Waals surface area contributed by atoms with Crippen LogP contribution in [-0.2, 0) is 0 Å². The molecule has 0 unspecified atom stereocenters. The fourth-order valence-electron chi connectivity index (χ4n) is 2.49. The lowest BCUT2D eigenvalue weighted by Crippen LogP contribution is -2.42. The summed E-state index contributed by atoms with van der Waals surface area (Å²) in [5.41, 5.74) is 0.339. The zero-order valence-electron chi connectivity index (χ0n) is 12.3. The predicted molar refractivity (Wildman–Crippen MR) is 77.9 cm³/mol. The topological polar surface area (TPSA) is 55.3 Å². The summed E-state index contributed by atoms with van der Waals surface area (Å²) in [5, 5.41) is 0. The summed E-state index contributed by atoms with van der Waals surface area (Å²) >= 11 is 0. The van der Waals surface area contributed by atoms with Crippen LogP contribution in [0.15, 0.2) is 36.7 Å². The van der Waals surface area contributed by atoms with E-state index >= 15 is 0 Å². The highest BCUT2D eigenvalue weighted by Gasteiger charge is 2.25. The molecule has 0 spiro atoms. The SMILES string of the molecule is O=C(c1cccc(F)c1)N1CCC(Oc2ncc(F)cn2)CC1. The van der Waals surface area contributed by atoms with E-state index in [0.717, 1.165) is 12.4 Å². The minimum Gasteiger partial charge on any atom is -0.460 e. The maximum absolute atomic E-state index is 13.2. The Labute approximate surface area is 131 Å². The Balaban J connectivity index is 1.55. The van der Waals surface area contributed by atoms with Gasteiger partial charge in [0.1, 0.15) is 11.9 Å². The molecular formula is C16H15F2N3O2. The molecule has 1 aliphatic heterocycles. The molecule has 7 heteroatoms. The zero-order chi connectivity index (χ0) is 16.2. The lowest BCUT2D eigenvalue weighted by Gasteiger charge is -2.31. The molecule has 1 aliphatic rings. The van der Waals surface area contributed by atoms with Crippen molar-refractivity contribution in [2.75, 3.05) is 13.1 Å². The summed E-state index contributed by atoms with van der Waals surface area (Å²) in [7, 11) is 0. The fourth-order valence-corrected chi connectivity index (χ4v) is 2.49. The monoisotopic (exact) mass is 319 g/mol. The van der Waals surface area contributed by atoms with Crippen LogP contribution in [0.1, 0.15) is 23.2 Å². The van der Waals surface area contributed by atoms with E-state index in [2.05, 4.69) is 9.97 Å². The number of halogens is 2. The van der Waals surface area contributed by atoms with Gasteiger partial charge in [-0.15, -0.1) is 0 Å². The van der Waals surface area contributed by atoms with E-state index in [1.165, 1.54) is 18.2 Å². The molecule has 1 aromatic heterocycles. The van der Waals surface area contributed by atoms with E-state index < -0.39 is 11.6 Å². The molecule has 2 heterocycles. The molecule has 1 fully saturated rings. The minimum atomic E-state index is -0.521. The van der Waals surface area contributed by atoms with Crippen LogP contribution in [0, 0.1) is 11.6 Å². The highest BCUT2D eigenvalue weighted by atomic mass is 19.1. The lowest BCUT2D eigenvalue weighted by atomic mass is 10.1. The quantitative estimate of drug-likeness (QED) is 0.872. The Morgan fingerprint density at radius 1 is 1.13 bits per heavy atom. The van der Waals surface area contributed by atoms with Crippen LogP contribution in [0.5, 0.6) is 6.01 Å². The van der Waals surface area contributed by atoms with Crippen LogP contribution >= 0.6 is 0 Å². The Kier molecular flexibility index (Phi) is 4.45. The number of nitrogens with zero attached hydrogens (tertiary/aromatic N) is 3. The first-order valence-electron chi connectivity index (χ1n) is 7.31. The lowest BCUT2D eigenvalue weighted by molar-refractivity contribution is 0.0577. The second-order valence-corrected chi connectivity index (χ2v) is 5.30. The first kappa shape index (κ1) is 15.3. The van der Waals surface area contributed by atoms with Crippen LogP contribution in [0.2, 0.25) is 0 Å². The minimum absolute atomic E-state index is 0.126. The smallest absolute Gasteiger partial charge is 0.316 e. The molecule has 0 bridgehead atoms. The largest absolute Gasteiger partial charge is 0.460 e. The molecule has 1 saturated heterocycles. The molecule has 2 aromatic rings. The van der Waals surface area contributed by atoms with E-state index in [1.807, 2.05) is 0 Å². The molecule has 0 radical (unpaired) electrons. The van der Waals surface area contributed by atoms with Crippen LogP contribution < -0.4 is 4.74 Å². The van der Waals surface area contributed by atoms with Crippen molar-refractivity contribution in [1.29, 1.82) is 0 Å². The molecule has 0 aliphatic carbocycles. The summed E-state index contributed by atoms with van der Waals surface area (Å²) in [6.45, 7) is 1.00. The molecule has 3 rings (SSSR count). The highest BCUT2D eigenvalue weighted by molar-refractivity contribution is 5.94.